The number of aliphatic hydroxyl groups excluding tert-OH is 1. The lowest BCUT2D eigenvalue weighted by molar-refractivity contribution is 0.0457. The number of carbonyl (C=O) groups is 5. The van der Waals surface area contributed by atoms with Crippen LogP contribution in [0.2, 0.25) is 0 Å². The maximum atomic E-state index is 13.5. The van der Waals surface area contributed by atoms with Crippen LogP contribution in [0.4, 0.5) is 32.8 Å². The first-order chi connectivity index (χ1) is 39.3. The average Bonchev–Trinajstić information content (AvgIpc) is 3.43. The number of hydrogen-bond donors (Lipinski definition) is 4. The molecule has 464 valence electrons. The average molecular weight is 1170 g/mol. The molecule has 83 heavy (non-hydrogen) atoms. The zero-order chi connectivity index (χ0) is 61.0. The summed E-state index contributed by atoms with van der Waals surface area (Å²) in [6, 6.07) is 27.9. The Morgan fingerprint density at radius 3 is 1.10 bits per heavy atom. The van der Waals surface area contributed by atoms with Crippen molar-refractivity contribution in [1.82, 2.24) is 25.3 Å². The zero-order valence-corrected chi connectivity index (χ0v) is 50.9. The molecule has 6 rings (SSSR count). The molecular weight excluding hydrogens is 1070 g/mol. The molecule has 0 aliphatic heterocycles. The van der Waals surface area contributed by atoms with Gasteiger partial charge in [-0.15, -0.1) is 0 Å². The van der Waals surface area contributed by atoms with Gasteiger partial charge in [-0.3, -0.25) is 0 Å². The van der Waals surface area contributed by atoms with Gasteiger partial charge in [-0.2, -0.15) is 0 Å². The summed E-state index contributed by atoms with van der Waals surface area (Å²) in [5, 5.41) is 15.6. The van der Waals surface area contributed by atoms with Crippen LogP contribution in [0.1, 0.15) is 155 Å². The minimum atomic E-state index is -0.728. The maximum absolute atomic E-state index is 13.5. The second-order valence-corrected chi connectivity index (χ2v) is 24.8. The van der Waals surface area contributed by atoms with Crippen LogP contribution in [0.3, 0.4) is 0 Å². The number of likely N-dealkylation sites (N-methyl/N-ethyl adjacent to an activating group) is 3. The van der Waals surface area contributed by atoms with Gasteiger partial charge in [0.1, 0.15) is 43.4 Å². The van der Waals surface area contributed by atoms with Gasteiger partial charge in [0.25, 0.3) is 0 Å². The Morgan fingerprint density at radius 2 is 0.783 bits per heavy atom. The molecule has 0 spiro atoms. The third-order valence-electron chi connectivity index (χ3n) is 14.7. The van der Waals surface area contributed by atoms with E-state index in [9.17, 15) is 37.9 Å². The number of benzene rings is 3. The minimum absolute atomic E-state index is 0.0922. The molecule has 19 heteroatoms. The van der Waals surface area contributed by atoms with Crippen LogP contribution in [0.5, 0.6) is 0 Å². The Hall–Kier alpha value is -6.21. The summed E-state index contributed by atoms with van der Waals surface area (Å²) in [6.07, 6.45) is 7.52. The Labute approximate surface area is 493 Å². The number of alkyl carbamates (subject to hydrolysis) is 2. The first-order valence-corrected chi connectivity index (χ1v) is 29.7. The van der Waals surface area contributed by atoms with E-state index in [-0.39, 0.29) is 50.1 Å². The fourth-order valence-corrected chi connectivity index (χ4v) is 10.4. The number of carbonyl (C=O) groups excluding carboxylic acids is 5. The van der Waals surface area contributed by atoms with Crippen molar-refractivity contribution in [2.75, 3.05) is 40.8 Å². The number of amides is 5. The van der Waals surface area contributed by atoms with Crippen molar-refractivity contribution in [2.24, 2.45) is 23.5 Å². The molecule has 0 radical (unpaired) electrons. The van der Waals surface area contributed by atoms with E-state index >= 15 is 0 Å². The molecule has 3 fully saturated rings. The van der Waals surface area contributed by atoms with E-state index in [1.807, 2.05) is 112 Å². The van der Waals surface area contributed by atoms with Crippen molar-refractivity contribution in [3.8, 4) is 0 Å². The minimum Gasteiger partial charge on any atom is -0.445 e. The predicted molar refractivity (Wildman–Crippen MR) is 318 cm³/mol. The van der Waals surface area contributed by atoms with Gasteiger partial charge in [-0.05, 0) is 172 Å². The number of alkyl halides is 2. The smallest absolute Gasteiger partial charge is 0.409 e. The lowest BCUT2D eigenvalue weighted by Crippen LogP contribution is -2.47. The van der Waals surface area contributed by atoms with Crippen molar-refractivity contribution in [3.63, 3.8) is 0 Å². The third kappa shape index (κ3) is 30.3. The van der Waals surface area contributed by atoms with Crippen LogP contribution in [0.15, 0.2) is 91.0 Å². The molecule has 0 saturated heterocycles. The summed E-state index contributed by atoms with van der Waals surface area (Å²) in [4.78, 5) is 65.9. The third-order valence-corrected chi connectivity index (χ3v) is 14.7. The highest BCUT2D eigenvalue weighted by Crippen LogP contribution is 2.31. The summed E-state index contributed by atoms with van der Waals surface area (Å²) >= 11 is 0. The zero-order valence-electron chi connectivity index (χ0n) is 50.9. The second kappa shape index (κ2) is 35.8. The van der Waals surface area contributed by atoms with Gasteiger partial charge >= 0.3 is 30.5 Å². The van der Waals surface area contributed by atoms with Crippen LogP contribution >= 0.6 is 0 Å². The first-order valence-electron chi connectivity index (χ1n) is 29.7. The van der Waals surface area contributed by atoms with Crippen molar-refractivity contribution in [1.29, 1.82) is 0 Å². The summed E-state index contributed by atoms with van der Waals surface area (Å²) in [5.41, 5.74) is 7.73. The quantitative estimate of drug-likeness (QED) is 0.0779. The van der Waals surface area contributed by atoms with Crippen LogP contribution < -0.4 is 16.4 Å². The van der Waals surface area contributed by atoms with Crippen molar-refractivity contribution in [2.45, 2.75) is 205 Å². The van der Waals surface area contributed by atoms with Crippen LogP contribution in [0.25, 0.3) is 0 Å². The van der Waals surface area contributed by atoms with E-state index in [2.05, 4.69) is 10.6 Å². The highest BCUT2D eigenvalue weighted by Gasteiger charge is 2.30. The molecule has 3 aromatic rings. The molecule has 3 aliphatic carbocycles. The van der Waals surface area contributed by atoms with Crippen molar-refractivity contribution >= 4 is 30.5 Å². The van der Waals surface area contributed by atoms with Gasteiger partial charge < -0.3 is 59.9 Å². The van der Waals surface area contributed by atoms with Gasteiger partial charge in [-0.25, -0.2) is 32.8 Å². The van der Waals surface area contributed by atoms with Crippen molar-refractivity contribution < 1.29 is 61.5 Å². The number of nitrogens with one attached hydrogen (secondary N) is 2. The molecule has 0 aromatic heterocycles. The molecule has 3 saturated carbocycles. The molecule has 0 unspecified atom stereocenters. The highest BCUT2D eigenvalue weighted by atomic mass is 19.1. The van der Waals surface area contributed by atoms with Crippen LogP contribution in [-0.4, -0.2) is 139 Å². The fraction of sp³-hybridized carbons (Fsp3) is 0.641. The van der Waals surface area contributed by atoms with Gasteiger partial charge in [0.05, 0.1) is 18.2 Å². The number of hydrogen-bond acceptors (Lipinski definition) is 12. The molecule has 3 aliphatic rings. The SMILES string of the molecule is CN(C[C@@H](N)CC1CCC(F)CC1)C(=O)OCc1ccccc1.CN(C[C@H](CC1CCC(F)CC1)NC(=O)OC(C)(C)C)C(=O)OCc1ccccc1.CN(C[C@H](CC1CCC(O)CC1)NC(=O)OC(C)(C)C)C(=O)OCc1ccccc1. The van der Waals surface area contributed by atoms with E-state index in [0.29, 0.717) is 69.5 Å². The van der Waals surface area contributed by atoms with E-state index in [1.165, 1.54) is 14.7 Å². The van der Waals surface area contributed by atoms with Gasteiger partial charge in [-0.1, -0.05) is 91.0 Å². The summed E-state index contributed by atoms with van der Waals surface area (Å²) in [7, 11) is 5.02. The number of rotatable bonds is 20. The molecule has 0 heterocycles. The number of aliphatic hydroxyl groups is 1. The largest absolute Gasteiger partial charge is 0.445 e. The molecule has 5 N–H and O–H groups in total. The molecule has 17 nitrogen and oxygen atoms in total. The van der Waals surface area contributed by atoms with Gasteiger partial charge in [0.2, 0.25) is 0 Å². The monoisotopic (exact) mass is 1160 g/mol. The number of halogens is 2. The molecular formula is C64H98F2N6O11. The lowest BCUT2D eigenvalue weighted by Gasteiger charge is -2.31. The lowest BCUT2D eigenvalue weighted by atomic mass is 9.83. The van der Waals surface area contributed by atoms with Gasteiger partial charge in [0.15, 0.2) is 0 Å². The molecule has 5 amide bonds. The summed E-state index contributed by atoms with van der Waals surface area (Å²) in [6.45, 7) is 12.6. The van der Waals surface area contributed by atoms with Gasteiger partial charge in [0, 0.05) is 46.8 Å². The number of nitrogens with two attached hydrogens (primary N) is 1. The summed E-state index contributed by atoms with van der Waals surface area (Å²) < 4.78 is 53.4. The Kier molecular flexibility index (Phi) is 29.9. The fourth-order valence-electron chi connectivity index (χ4n) is 10.4. The van der Waals surface area contributed by atoms with Crippen molar-refractivity contribution in [3.05, 3.63) is 108 Å². The number of ether oxygens (including phenoxy) is 5. The Balaban J connectivity index is 0.000000270. The molecule has 3 aromatic carbocycles. The Morgan fingerprint density at radius 1 is 0.494 bits per heavy atom. The van der Waals surface area contributed by atoms with E-state index in [1.54, 1.807) is 41.9 Å². The van der Waals surface area contributed by atoms with E-state index in [4.69, 9.17) is 29.4 Å². The van der Waals surface area contributed by atoms with Crippen LogP contribution in [-0.2, 0) is 43.5 Å². The molecule has 3 atom stereocenters. The normalized spacial score (nSPS) is 20.8. The Bertz CT molecular complexity index is 2210. The maximum Gasteiger partial charge on any atom is 0.409 e. The molecule has 0 bridgehead atoms. The second-order valence-electron chi connectivity index (χ2n) is 24.8. The standard InChI is InChI=1S/C23H35FN2O4.C23H36N2O5.C18H27FN2O2/c1-23(2,3)30-21(27)25-20(14-17-10-12-19(24)13-11-17)15-26(4)22(28)29-16-18-8-6-5-7-9-18;1-23(2,3)30-21(27)24-19(14-17-10-12-20(26)13-11-17)15-25(4)22(28)29-16-18-8-6-5-7-9-18;1-21(18(22)23-13-15-5-3-2-4-6-15)12-17(20)11-14-7-9-16(19)10-8-14/h5-9,17,19-20H,10-16H2,1-4H3,(H,25,27);5-9,17,19-20,26H,10-16H2,1-4H3,(H,24,27);2-6,14,16-17H,7-13,20H2,1H3/t17?,19?,20-;17?,19-,20?;14?,16?,17-/m000/s1. The van der Waals surface area contributed by atoms with E-state index < -0.39 is 47.9 Å². The topological polar surface area (TPSA) is 212 Å². The van der Waals surface area contributed by atoms with E-state index in [0.717, 1.165) is 80.9 Å². The number of nitrogens with zero attached hydrogens (tertiary/aromatic N) is 3. The highest BCUT2D eigenvalue weighted by molar-refractivity contribution is 5.70. The predicted octanol–water partition coefficient (Wildman–Crippen LogP) is 12.7. The summed E-state index contributed by atoms with van der Waals surface area (Å²) in [5.74, 6) is 1.18. The van der Waals surface area contributed by atoms with Crippen LogP contribution in [0, 0.1) is 17.8 Å². The first kappa shape index (κ1) is 69.3.